The van der Waals surface area contributed by atoms with E-state index in [9.17, 15) is 4.79 Å². The molecule has 1 saturated heterocycles. The fraction of sp³-hybridized carbons (Fsp3) is 0.400. The van der Waals surface area contributed by atoms with Crippen molar-refractivity contribution in [2.24, 2.45) is 0 Å². The van der Waals surface area contributed by atoms with Crippen LogP contribution in [0.3, 0.4) is 0 Å². The number of hydrogen-bond donors (Lipinski definition) is 0. The molecule has 110 valence electrons. The summed E-state index contributed by atoms with van der Waals surface area (Å²) in [6, 6.07) is 5.42. The van der Waals surface area contributed by atoms with E-state index >= 15 is 0 Å². The number of aryl methyl sites for hydroxylation is 2. The van der Waals surface area contributed by atoms with E-state index < -0.39 is 0 Å². The summed E-state index contributed by atoms with van der Waals surface area (Å²) in [6.07, 6.45) is 1.52. The summed E-state index contributed by atoms with van der Waals surface area (Å²) < 4.78 is 5.17. The van der Waals surface area contributed by atoms with Crippen LogP contribution in [-0.2, 0) is 0 Å². The first-order valence-electron chi connectivity index (χ1n) is 7.03. The summed E-state index contributed by atoms with van der Waals surface area (Å²) in [5.41, 5.74) is 0.964. The van der Waals surface area contributed by atoms with Crippen molar-refractivity contribution in [3.05, 3.63) is 41.7 Å². The van der Waals surface area contributed by atoms with E-state index in [0.29, 0.717) is 18.8 Å². The van der Waals surface area contributed by atoms with Crippen LogP contribution in [0.15, 0.2) is 28.9 Å². The molecular weight excluding hydrogens is 268 g/mol. The molecule has 1 aliphatic heterocycles. The SMILES string of the molecule is Cc1cc(N2CCN(C(=O)c3ccco3)CC2)nc(C)n1. The van der Waals surface area contributed by atoms with E-state index in [1.807, 2.05) is 24.8 Å². The lowest BCUT2D eigenvalue weighted by Crippen LogP contribution is -2.49. The van der Waals surface area contributed by atoms with E-state index in [-0.39, 0.29) is 5.91 Å². The molecule has 0 aliphatic carbocycles. The number of carbonyl (C=O) groups excluding carboxylic acids is 1. The minimum atomic E-state index is -0.0466. The Morgan fingerprint density at radius 3 is 2.57 bits per heavy atom. The molecule has 0 bridgehead atoms. The summed E-state index contributed by atoms with van der Waals surface area (Å²) >= 11 is 0. The molecule has 0 radical (unpaired) electrons. The van der Waals surface area contributed by atoms with Crippen LogP contribution in [-0.4, -0.2) is 47.0 Å². The average Bonchev–Trinajstić information content (AvgIpc) is 3.00. The zero-order valence-corrected chi connectivity index (χ0v) is 12.2. The van der Waals surface area contributed by atoms with Gasteiger partial charge in [0, 0.05) is 37.9 Å². The van der Waals surface area contributed by atoms with Gasteiger partial charge in [-0.25, -0.2) is 9.97 Å². The van der Waals surface area contributed by atoms with Crippen molar-refractivity contribution in [1.29, 1.82) is 0 Å². The molecule has 21 heavy (non-hydrogen) atoms. The quantitative estimate of drug-likeness (QED) is 0.840. The third-order valence-corrected chi connectivity index (χ3v) is 3.58. The molecule has 0 spiro atoms. The van der Waals surface area contributed by atoms with E-state index in [1.165, 1.54) is 6.26 Å². The Morgan fingerprint density at radius 2 is 1.95 bits per heavy atom. The van der Waals surface area contributed by atoms with Crippen LogP contribution in [0.2, 0.25) is 0 Å². The Balaban J connectivity index is 1.66. The van der Waals surface area contributed by atoms with Gasteiger partial charge < -0.3 is 14.2 Å². The largest absolute Gasteiger partial charge is 0.459 e. The summed E-state index contributed by atoms with van der Waals surface area (Å²) in [5.74, 6) is 2.07. The van der Waals surface area contributed by atoms with E-state index in [2.05, 4.69) is 14.9 Å². The van der Waals surface area contributed by atoms with Gasteiger partial charge in [-0.05, 0) is 26.0 Å². The first kappa shape index (κ1) is 13.6. The standard InChI is InChI=1S/C15H18N4O2/c1-11-10-14(17-12(2)16-11)18-5-7-19(8-6-18)15(20)13-4-3-9-21-13/h3-4,9-10H,5-8H2,1-2H3. The Kier molecular flexibility index (Phi) is 3.60. The zero-order chi connectivity index (χ0) is 14.8. The number of furan rings is 1. The molecule has 0 atom stereocenters. The third kappa shape index (κ3) is 2.89. The van der Waals surface area contributed by atoms with Crippen LogP contribution >= 0.6 is 0 Å². The predicted molar refractivity (Wildman–Crippen MR) is 78.3 cm³/mol. The lowest BCUT2D eigenvalue weighted by atomic mass is 10.2. The Morgan fingerprint density at radius 1 is 1.19 bits per heavy atom. The molecule has 0 N–H and O–H groups in total. The van der Waals surface area contributed by atoms with Gasteiger partial charge in [0.1, 0.15) is 11.6 Å². The van der Waals surface area contributed by atoms with E-state index in [0.717, 1.165) is 30.4 Å². The summed E-state index contributed by atoms with van der Waals surface area (Å²) in [5, 5.41) is 0. The van der Waals surface area contributed by atoms with Gasteiger partial charge in [0.15, 0.2) is 5.76 Å². The smallest absolute Gasteiger partial charge is 0.289 e. The van der Waals surface area contributed by atoms with Crippen LogP contribution in [0.4, 0.5) is 5.82 Å². The highest BCUT2D eigenvalue weighted by Gasteiger charge is 2.24. The van der Waals surface area contributed by atoms with Crippen LogP contribution < -0.4 is 4.90 Å². The Bertz CT molecular complexity index is 611. The lowest BCUT2D eigenvalue weighted by molar-refractivity contribution is 0.0714. The minimum Gasteiger partial charge on any atom is -0.459 e. The van der Waals surface area contributed by atoms with E-state index in [4.69, 9.17) is 4.42 Å². The van der Waals surface area contributed by atoms with Crippen molar-refractivity contribution < 1.29 is 9.21 Å². The van der Waals surface area contributed by atoms with Gasteiger partial charge in [0.2, 0.25) is 0 Å². The summed E-state index contributed by atoms with van der Waals surface area (Å²) in [7, 11) is 0. The first-order chi connectivity index (χ1) is 10.1. The summed E-state index contributed by atoms with van der Waals surface area (Å²) in [4.78, 5) is 25.0. The minimum absolute atomic E-state index is 0.0466. The highest BCUT2D eigenvalue weighted by molar-refractivity contribution is 5.91. The highest BCUT2D eigenvalue weighted by atomic mass is 16.3. The van der Waals surface area contributed by atoms with Crippen molar-refractivity contribution in [2.75, 3.05) is 31.1 Å². The number of nitrogens with zero attached hydrogens (tertiary/aromatic N) is 4. The zero-order valence-electron chi connectivity index (χ0n) is 12.2. The molecule has 1 aliphatic rings. The first-order valence-corrected chi connectivity index (χ1v) is 7.03. The monoisotopic (exact) mass is 286 g/mol. The molecular formula is C15H18N4O2. The molecule has 0 unspecified atom stereocenters. The maximum Gasteiger partial charge on any atom is 0.289 e. The number of rotatable bonds is 2. The van der Waals surface area contributed by atoms with Gasteiger partial charge in [-0.1, -0.05) is 0 Å². The molecule has 2 aromatic rings. The van der Waals surface area contributed by atoms with Gasteiger partial charge in [0.25, 0.3) is 5.91 Å². The number of piperazine rings is 1. The molecule has 0 saturated carbocycles. The van der Waals surface area contributed by atoms with Gasteiger partial charge in [-0.3, -0.25) is 4.79 Å². The molecule has 1 amide bonds. The van der Waals surface area contributed by atoms with Gasteiger partial charge in [-0.2, -0.15) is 0 Å². The Labute approximate surface area is 123 Å². The molecule has 3 rings (SSSR count). The van der Waals surface area contributed by atoms with Crippen LogP contribution in [0.5, 0.6) is 0 Å². The van der Waals surface area contributed by atoms with E-state index in [1.54, 1.807) is 12.1 Å². The fourth-order valence-electron chi connectivity index (χ4n) is 2.55. The number of hydrogen-bond acceptors (Lipinski definition) is 5. The van der Waals surface area contributed by atoms with Crippen molar-refractivity contribution in [3.63, 3.8) is 0 Å². The number of anilines is 1. The predicted octanol–water partition coefficient (Wildman–Crippen LogP) is 1.65. The molecule has 1 fully saturated rings. The molecule has 0 aromatic carbocycles. The van der Waals surface area contributed by atoms with Crippen molar-refractivity contribution in [1.82, 2.24) is 14.9 Å². The van der Waals surface area contributed by atoms with Crippen molar-refractivity contribution in [2.45, 2.75) is 13.8 Å². The molecule has 2 aromatic heterocycles. The number of carbonyl (C=O) groups is 1. The second-order valence-electron chi connectivity index (χ2n) is 5.17. The highest BCUT2D eigenvalue weighted by Crippen LogP contribution is 2.16. The van der Waals surface area contributed by atoms with Crippen molar-refractivity contribution >= 4 is 11.7 Å². The van der Waals surface area contributed by atoms with Crippen LogP contribution in [0.25, 0.3) is 0 Å². The topological polar surface area (TPSA) is 62.5 Å². The summed E-state index contributed by atoms with van der Waals surface area (Å²) in [6.45, 7) is 6.73. The van der Waals surface area contributed by atoms with Crippen molar-refractivity contribution in [3.8, 4) is 0 Å². The molecule has 6 nitrogen and oxygen atoms in total. The van der Waals surface area contributed by atoms with Crippen LogP contribution in [0.1, 0.15) is 22.1 Å². The number of amides is 1. The average molecular weight is 286 g/mol. The fourth-order valence-corrected chi connectivity index (χ4v) is 2.55. The number of aromatic nitrogens is 2. The Hall–Kier alpha value is -2.37. The normalized spacial score (nSPS) is 15.3. The second-order valence-corrected chi connectivity index (χ2v) is 5.17. The van der Waals surface area contributed by atoms with Crippen LogP contribution in [0, 0.1) is 13.8 Å². The third-order valence-electron chi connectivity index (χ3n) is 3.58. The molecule has 6 heteroatoms. The van der Waals surface area contributed by atoms with Gasteiger partial charge in [-0.15, -0.1) is 0 Å². The maximum atomic E-state index is 12.2. The molecule has 3 heterocycles. The van der Waals surface area contributed by atoms with Gasteiger partial charge >= 0.3 is 0 Å². The second kappa shape index (κ2) is 5.55. The van der Waals surface area contributed by atoms with Gasteiger partial charge in [0.05, 0.1) is 6.26 Å². The lowest BCUT2D eigenvalue weighted by Gasteiger charge is -2.35. The maximum absolute atomic E-state index is 12.2.